The second kappa shape index (κ2) is 5.68. The van der Waals surface area contributed by atoms with Crippen LogP contribution in [-0.2, 0) is 4.74 Å². The molecule has 2 aliphatic rings. The number of piperidine rings is 1. The quantitative estimate of drug-likeness (QED) is 0.845. The van der Waals surface area contributed by atoms with Gasteiger partial charge in [-0.25, -0.2) is 0 Å². The summed E-state index contributed by atoms with van der Waals surface area (Å²) in [6.45, 7) is 1.61. The monoisotopic (exact) mass is 313 g/mol. The Morgan fingerprint density at radius 1 is 1.30 bits per heavy atom. The van der Waals surface area contributed by atoms with Crippen LogP contribution in [0.2, 0.25) is 0 Å². The molecule has 1 aliphatic heterocycles. The normalized spacial score (nSPS) is 27.9. The number of methoxy groups -OCH3 is 1. The number of rotatable bonds is 2. The van der Waals surface area contributed by atoms with Gasteiger partial charge in [-0.1, -0.05) is 24.6 Å². The Balaban J connectivity index is 1.58. The van der Waals surface area contributed by atoms with Gasteiger partial charge in [0, 0.05) is 31.0 Å². The van der Waals surface area contributed by atoms with E-state index in [4.69, 9.17) is 9.15 Å². The second-order valence-electron chi connectivity index (χ2n) is 6.96. The van der Waals surface area contributed by atoms with Gasteiger partial charge in [-0.2, -0.15) is 0 Å². The van der Waals surface area contributed by atoms with Crippen LogP contribution in [0.25, 0.3) is 11.0 Å². The SMILES string of the molecule is CO[C@@H]1CCC[C@@]12CCCN(C(=O)c1cc3ccccc3o1)C2. The van der Waals surface area contributed by atoms with Crippen molar-refractivity contribution < 1.29 is 13.9 Å². The molecule has 1 spiro atoms. The van der Waals surface area contributed by atoms with E-state index in [1.807, 2.05) is 35.2 Å². The molecule has 4 heteroatoms. The molecule has 4 nitrogen and oxygen atoms in total. The Labute approximate surface area is 136 Å². The van der Waals surface area contributed by atoms with Gasteiger partial charge < -0.3 is 14.1 Å². The molecule has 1 aromatic carbocycles. The number of furan rings is 1. The number of fused-ring (bicyclic) bond motifs is 1. The van der Waals surface area contributed by atoms with Crippen LogP contribution in [0.15, 0.2) is 34.7 Å². The van der Waals surface area contributed by atoms with Gasteiger partial charge in [0.05, 0.1) is 6.10 Å². The van der Waals surface area contributed by atoms with Crippen molar-refractivity contribution >= 4 is 16.9 Å². The molecule has 1 saturated heterocycles. The second-order valence-corrected chi connectivity index (χ2v) is 6.96. The van der Waals surface area contributed by atoms with Crippen molar-refractivity contribution in [3.63, 3.8) is 0 Å². The number of likely N-dealkylation sites (tertiary alicyclic amines) is 1. The van der Waals surface area contributed by atoms with E-state index in [-0.39, 0.29) is 17.4 Å². The van der Waals surface area contributed by atoms with Crippen molar-refractivity contribution in [2.75, 3.05) is 20.2 Å². The fourth-order valence-electron chi connectivity index (χ4n) is 4.52. The van der Waals surface area contributed by atoms with Crippen LogP contribution in [0.5, 0.6) is 0 Å². The van der Waals surface area contributed by atoms with Crippen LogP contribution in [0, 0.1) is 5.41 Å². The number of ether oxygens (including phenoxy) is 1. The minimum Gasteiger partial charge on any atom is -0.451 e. The summed E-state index contributed by atoms with van der Waals surface area (Å²) in [6, 6.07) is 9.63. The average molecular weight is 313 g/mol. The summed E-state index contributed by atoms with van der Waals surface area (Å²) in [7, 11) is 1.80. The number of hydrogen-bond acceptors (Lipinski definition) is 3. The molecule has 4 rings (SSSR count). The van der Waals surface area contributed by atoms with Crippen LogP contribution in [0.3, 0.4) is 0 Å². The lowest BCUT2D eigenvalue weighted by Crippen LogP contribution is -2.49. The molecule has 0 unspecified atom stereocenters. The van der Waals surface area contributed by atoms with Gasteiger partial charge in [-0.3, -0.25) is 4.79 Å². The van der Waals surface area contributed by atoms with E-state index in [1.165, 1.54) is 6.42 Å². The summed E-state index contributed by atoms with van der Waals surface area (Å²) < 4.78 is 11.5. The molecule has 0 radical (unpaired) electrons. The first-order valence-electron chi connectivity index (χ1n) is 8.52. The lowest BCUT2D eigenvalue weighted by atomic mass is 9.76. The van der Waals surface area contributed by atoms with Gasteiger partial charge in [0.25, 0.3) is 5.91 Å². The van der Waals surface area contributed by atoms with Gasteiger partial charge in [0.2, 0.25) is 0 Å². The molecule has 1 amide bonds. The van der Waals surface area contributed by atoms with Gasteiger partial charge in [0.1, 0.15) is 5.58 Å². The first-order chi connectivity index (χ1) is 11.2. The van der Waals surface area contributed by atoms with E-state index in [0.29, 0.717) is 5.76 Å². The Hall–Kier alpha value is -1.81. The largest absolute Gasteiger partial charge is 0.451 e. The number of carbonyl (C=O) groups is 1. The van der Waals surface area contributed by atoms with Crippen LogP contribution >= 0.6 is 0 Å². The smallest absolute Gasteiger partial charge is 0.289 e. The Bertz CT molecular complexity index is 689. The van der Waals surface area contributed by atoms with E-state index in [2.05, 4.69) is 0 Å². The first kappa shape index (κ1) is 14.8. The Kier molecular flexibility index (Phi) is 3.64. The maximum atomic E-state index is 12.9. The molecular weight excluding hydrogens is 290 g/mol. The van der Waals surface area contributed by atoms with Gasteiger partial charge in [-0.15, -0.1) is 0 Å². The van der Waals surface area contributed by atoms with Crippen LogP contribution in [0.1, 0.15) is 42.7 Å². The minimum atomic E-state index is 0.0158. The molecule has 0 N–H and O–H groups in total. The van der Waals surface area contributed by atoms with Crippen molar-refractivity contribution in [1.29, 1.82) is 0 Å². The number of nitrogens with zero attached hydrogens (tertiary/aromatic N) is 1. The lowest BCUT2D eigenvalue weighted by molar-refractivity contribution is -0.0300. The highest BCUT2D eigenvalue weighted by atomic mass is 16.5. The third-order valence-electron chi connectivity index (χ3n) is 5.64. The molecule has 1 aromatic heterocycles. The Morgan fingerprint density at radius 3 is 2.96 bits per heavy atom. The highest BCUT2D eigenvalue weighted by Crippen LogP contribution is 2.46. The average Bonchev–Trinajstić information content (AvgIpc) is 3.18. The first-order valence-corrected chi connectivity index (χ1v) is 8.52. The van der Waals surface area contributed by atoms with Crippen molar-refractivity contribution in [3.05, 3.63) is 36.1 Å². The third-order valence-corrected chi connectivity index (χ3v) is 5.64. The van der Waals surface area contributed by atoms with Crippen molar-refractivity contribution in [1.82, 2.24) is 4.90 Å². The van der Waals surface area contributed by atoms with Gasteiger partial charge in [-0.05, 0) is 37.8 Å². The van der Waals surface area contributed by atoms with Gasteiger partial charge in [0.15, 0.2) is 5.76 Å². The molecule has 122 valence electrons. The van der Waals surface area contributed by atoms with Crippen molar-refractivity contribution in [3.8, 4) is 0 Å². The molecular formula is C19H23NO3. The summed E-state index contributed by atoms with van der Waals surface area (Å²) in [5.74, 6) is 0.470. The fourth-order valence-corrected chi connectivity index (χ4v) is 4.52. The molecule has 1 saturated carbocycles. The van der Waals surface area contributed by atoms with E-state index in [9.17, 15) is 4.79 Å². The summed E-state index contributed by atoms with van der Waals surface area (Å²) in [6.07, 6.45) is 5.97. The third kappa shape index (κ3) is 2.45. The lowest BCUT2D eigenvalue weighted by Gasteiger charge is -2.43. The molecule has 23 heavy (non-hydrogen) atoms. The van der Waals surface area contributed by atoms with Gasteiger partial charge >= 0.3 is 0 Å². The van der Waals surface area contributed by atoms with E-state index >= 15 is 0 Å². The van der Waals surface area contributed by atoms with E-state index in [1.54, 1.807) is 7.11 Å². The Morgan fingerprint density at radius 2 is 2.13 bits per heavy atom. The summed E-state index contributed by atoms with van der Waals surface area (Å²) in [5.41, 5.74) is 0.924. The van der Waals surface area contributed by atoms with Crippen molar-refractivity contribution in [2.24, 2.45) is 5.41 Å². The highest BCUT2D eigenvalue weighted by molar-refractivity contribution is 5.96. The van der Waals surface area contributed by atoms with E-state index < -0.39 is 0 Å². The number of hydrogen-bond donors (Lipinski definition) is 0. The highest BCUT2D eigenvalue weighted by Gasteiger charge is 2.46. The minimum absolute atomic E-state index is 0.0158. The molecule has 2 aromatic rings. The standard InChI is InChI=1S/C19H23NO3/c1-22-17-8-4-9-19(17)10-5-11-20(13-19)18(21)16-12-14-6-2-3-7-15(14)23-16/h2-3,6-7,12,17H,4-5,8-11,13H2,1H3/t17-,19+/m1/s1. The van der Waals surface area contributed by atoms with E-state index in [0.717, 1.165) is 49.7 Å². The zero-order valence-corrected chi connectivity index (χ0v) is 13.6. The summed E-state index contributed by atoms with van der Waals surface area (Å²) in [4.78, 5) is 14.9. The fraction of sp³-hybridized carbons (Fsp3) is 0.526. The maximum absolute atomic E-state index is 12.9. The zero-order chi connectivity index (χ0) is 15.9. The van der Waals surface area contributed by atoms with Crippen LogP contribution < -0.4 is 0 Å². The number of carbonyl (C=O) groups excluding carboxylic acids is 1. The zero-order valence-electron chi connectivity index (χ0n) is 13.6. The molecule has 2 fully saturated rings. The molecule has 0 bridgehead atoms. The maximum Gasteiger partial charge on any atom is 0.289 e. The molecule has 2 atom stereocenters. The molecule has 2 heterocycles. The number of amides is 1. The van der Waals surface area contributed by atoms with Crippen LogP contribution in [0.4, 0.5) is 0 Å². The van der Waals surface area contributed by atoms with Crippen LogP contribution in [-0.4, -0.2) is 37.1 Å². The number of para-hydroxylation sites is 1. The summed E-state index contributed by atoms with van der Waals surface area (Å²) >= 11 is 0. The predicted molar refractivity (Wildman–Crippen MR) is 88.4 cm³/mol. The van der Waals surface area contributed by atoms with Crippen molar-refractivity contribution in [2.45, 2.75) is 38.2 Å². The number of benzene rings is 1. The summed E-state index contributed by atoms with van der Waals surface area (Å²) in [5, 5.41) is 0.984. The molecule has 1 aliphatic carbocycles. The topological polar surface area (TPSA) is 42.7 Å². The predicted octanol–water partition coefficient (Wildman–Crippen LogP) is 3.85.